The van der Waals surface area contributed by atoms with Crippen molar-refractivity contribution in [1.82, 2.24) is 10.2 Å². The lowest BCUT2D eigenvalue weighted by Gasteiger charge is -2.35. The van der Waals surface area contributed by atoms with E-state index in [4.69, 9.17) is 5.11 Å². The molecule has 1 aliphatic rings. The molecule has 4 heteroatoms. The van der Waals surface area contributed by atoms with Crippen LogP contribution in [-0.4, -0.2) is 41.1 Å². The van der Waals surface area contributed by atoms with Gasteiger partial charge in [0.05, 0.1) is 6.04 Å². The standard InChI is InChI=1S/C18H28N2O2/c1-2-16(11-13-21)19-18(22)17-10-6-7-12-20(17)14-15-8-4-3-5-9-15/h3-5,8-9,16-17,21H,2,6-7,10-14H2,1H3,(H,19,22). The molecule has 1 aromatic rings. The zero-order valence-electron chi connectivity index (χ0n) is 13.5. The highest BCUT2D eigenvalue weighted by atomic mass is 16.3. The topological polar surface area (TPSA) is 52.6 Å². The predicted octanol–water partition coefficient (Wildman–Crippen LogP) is 2.32. The van der Waals surface area contributed by atoms with E-state index < -0.39 is 0 Å². The molecule has 0 aromatic heterocycles. The third kappa shape index (κ3) is 4.82. The number of aliphatic hydroxyl groups excluding tert-OH is 1. The molecule has 1 amide bonds. The van der Waals surface area contributed by atoms with Gasteiger partial charge in [0.15, 0.2) is 0 Å². The van der Waals surface area contributed by atoms with E-state index in [2.05, 4.69) is 22.3 Å². The number of carbonyl (C=O) groups excluding carboxylic acids is 1. The van der Waals surface area contributed by atoms with Crippen molar-refractivity contribution in [1.29, 1.82) is 0 Å². The average molecular weight is 304 g/mol. The van der Waals surface area contributed by atoms with E-state index in [-0.39, 0.29) is 24.6 Å². The van der Waals surface area contributed by atoms with Crippen LogP contribution >= 0.6 is 0 Å². The maximum atomic E-state index is 12.6. The SMILES string of the molecule is CCC(CCO)NC(=O)C1CCCCN1Cc1ccccc1. The maximum absolute atomic E-state index is 12.6. The zero-order valence-corrected chi connectivity index (χ0v) is 13.5. The molecular weight excluding hydrogens is 276 g/mol. The molecule has 2 atom stereocenters. The van der Waals surface area contributed by atoms with Crippen LogP contribution in [0, 0.1) is 0 Å². The molecule has 0 aliphatic carbocycles. The van der Waals surface area contributed by atoms with Gasteiger partial charge >= 0.3 is 0 Å². The quantitative estimate of drug-likeness (QED) is 0.813. The second-order valence-corrected chi connectivity index (χ2v) is 6.09. The van der Waals surface area contributed by atoms with E-state index in [0.29, 0.717) is 6.42 Å². The minimum atomic E-state index is -0.0401. The first-order valence-corrected chi connectivity index (χ1v) is 8.43. The Balaban J connectivity index is 1.98. The molecule has 122 valence electrons. The van der Waals surface area contributed by atoms with Gasteiger partial charge in [-0.15, -0.1) is 0 Å². The summed E-state index contributed by atoms with van der Waals surface area (Å²) in [6.45, 7) is 3.97. The molecule has 4 nitrogen and oxygen atoms in total. The Morgan fingerprint density at radius 2 is 2.14 bits per heavy atom. The van der Waals surface area contributed by atoms with Crippen LogP contribution in [0.15, 0.2) is 30.3 Å². The number of aliphatic hydroxyl groups is 1. The lowest BCUT2D eigenvalue weighted by Crippen LogP contribution is -2.51. The molecule has 0 radical (unpaired) electrons. The second kappa shape index (κ2) is 8.91. The van der Waals surface area contributed by atoms with Crippen LogP contribution in [0.4, 0.5) is 0 Å². The summed E-state index contributed by atoms with van der Waals surface area (Å²) in [6.07, 6.45) is 4.68. The van der Waals surface area contributed by atoms with E-state index >= 15 is 0 Å². The number of nitrogens with one attached hydrogen (secondary N) is 1. The van der Waals surface area contributed by atoms with E-state index in [1.807, 2.05) is 25.1 Å². The van der Waals surface area contributed by atoms with Gasteiger partial charge in [0.2, 0.25) is 5.91 Å². The van der Waals surface area contributed by atoms with Crippen molar-refractivity contribution in [3.05, 3.63) is 35.9 Å². The van der Waals surface area contributed by atoms with Crippen molar-refractivity contribution < 1.29 is 9.90 Å². The van der Waals surface area contributed by atoms with Crippen LogP contribution in [0.3, 0.4) is 0 Å². The van der Waals surface area contributed by atoms with E-state index in [0.717, 1.165) is 38.8 Å². The third-order valence-electron chi connectivity index (χ3n) is 4.46. The van der Waals surface area contributed by atoms with Gasteiger partial charge in [0.1, 0.15) is 0 Å². The number of hydrogen-bond acceptors (Lipinski definition) is 3. The fourth-order valence-corrected chi connectivity index (χ4v) is 3.13. The van der Waals surface area contributed by atoms with Gasteiger partial charge in [-0.05, 0) is 37.8 Å². The molecule has 1 aromatic carbocycles. The number of benzene rings is 1. The van der Waals surface area contributed by atoms with E-state index in [1.165, 1.54) is 5.56 Å². The number of rotatable bonds is 7. The van der Waals surface area contributed by atoms with Gasteiger partial charge in [0.25, 0.3) is 0 Å². The van der Waals surface area contributed by atoms with Gasteiger partial charge < -0.3 is 10.4 Å². The summed E-state index contributed by atoms with van der Waals surface area (Å²) in [6, 6.07) is 10.4. The molecular formula is C18H28N2O2. The Labute approximate surface area is 133 Å². The fraction of sp³-hybridized carbons (Fsp3) is 0.611. The first kappa shape index (κ1) is 17.0. The van der Waals surface area contributed by atoms with Gasteiger partial charge in [-0.1, -0.05) is 43.7 Å². The first-order chi connectivity index (χ1) is 10.7. The Kier molecular flexibility index (Phi) is 6.87. The summed E-state index contributed by atoms with van der Waals surface area (Å²) in [7, 11) is 0. The van der Waals surface area contributed by atoms with Crippen LogP contribution in [-0.2, 0) is 11.3 Å². The average Bonchev–Trinajstić information content (AvgIpc) is 2.55. The Morgan fingerprint density at radius 1 is 1.36 bits per heavy atom. The maximum Gasteiger partial charge on any atom is 0.237 e. The van der Waals surface area contributed by atoms with Crippen molar-refractivity contribution in [2.75, 3.05) is 13.2 Å². The summed E-state index contributed by atoms with van der Waals surface area (Å²) < 4.78 is 0. The molecule has 0 spiro atoms. The summed E-state index contributed by atoms with van der Waals surface area (Å²) in [5.74, 6) is 0.121. The monoisotopic (exact) mass is 304 g/mol. The van der Waals surface area contributed by atoms with Crippen molar-refractivity contribution >= 4 is 5.91 Å². The fourth-order valence-electron chi connectivity index (χ4n) is 3.13. The number of carbonyl (C=O) groups is 1. The Hall–Kier alpha value is -1.39. The molecule has 1 aliphatic heterocycles. The summed E-state index contributed by atoms with van der Waals surface area (Å²) in [5, 5.41) is 12.2. The van der Waals surface area contributed by atoms with Crippen molar-refractivity contribution in [3.63, 3.8) is 0 Å². The normalized spacial score (nSPS) is 20.5. The van der Waals surface area contributed by atoms with E-state index in [1.54, 1.807) is 0 Å². The Bertz CT molecular complexity index is 450. The summed E-state index contributed by atoms with van der Waals surface area (Å²) in [5.41, 5.74) is 1.25. The number of hydrogen-bond donors (Lipinski definition) is 2. The molecule has 1 saturated heterocycles. The van der Waals surface area contributed by atoms with Crippen molar-refractivity contribution in [3.8, 4) is 0 Å². The van der Waals surface area contributed by atoms with Gasteiger partial charge in [0, 0.05) is 19.2 Å². The molecule has 1 fully saturated rings. The molecule has 2 unspecified atom stereocenters. The van der Waals surface area contributed by atoms with Crippen molar-refractivity contribution in [2.45, 2.75) is 57.7 Å². The lowest BCUT2D eigenvalue weighted by atomic mass is 9.99. The number of likely N-dealkylation sites (tertiary alicyclic amines) is 1. The second-order valence-electron chi connectivity index (χ2n) is 6.09. The largest absolute Gasteiger partial charge is 0.396 e. The molecule has 0 bridgehead atoms. The van der Waals surface area contributed by atoms with Crippen molar-refractivity contribution in [2.24, 2.45) is 0 Å². The molecule has 0 saturated carbocycles. The number of amides is 1. The predicted molar refractivity (Wildman–Crippen MR) is 88.4 cm³/mol. The summed E-state index contributed by atoms with van der Waals surface area (Å²) in [4.78, 5) is 14.9. The minimum Gasteiger partial charge on any atom is -0.396 e. The summed E-state index contributed by atoms with van der Waals surface area (Å²) >= 11 is 0. The molecule has 2 rings (SSSR count). The Morgan fingerprint density at radius 3 is 2.82 bits per heavy atom. The van der Waals surface area contributed by atoms with Gasteiger partial charge in [-0.3, -0.25) is 9.69 Å². The molecule has 22 heavy (non-hydrogen) atoms. The molecule has 2 N–H and O–H groups in total. The smallest absolute Gasteiger partial charge is 0.237 e. The third-order valence-corrected chi connectivity index (χ3v) is 4.46. The van der Waals surface area contributed by atoms with E-state index in [9.17, 15) is 4.79 Å². The zero-order chi connectivity index (χ0) is 15.8. The van der Waals surface area contributed by atoms with Crippen LogP contribution < -0.4 is 5.32 Å². The molecule has 1 heterocycles. The van der Waals surface area contributed by atoms with Crippen LogP contribution in [0.25, 0.3) is 0 Å². The minimum absolute atomic E-state index is 0.0401. The van der Waals surface area contributed by atoms with Crippen LogP contribution in [0.5, 0.6) is 0 Å². The highest BCUT2D eigenvalue weighted by Crippen LogP contribution is 2.20. The van der Waals surface area contributed by atoms with Gasteiger partial charge in [-0.2, -0.15) is 0 Å². The van der Waals surface area contributed by atoms with Gasteiger partial charge in [-0.25, -0.2) is 0 Å². The highest BCUT2D eigenvalue weighted by Gasteiger charge is 2.29. The highest BCUT2D eigenvalue weighted by molar-refractivity contribution is 5.82. The lowest BCUT2D eigenvalue weighted by molar-refractivity contribution is -0.128. The van der Waals surface area contributed by atoms with Crippen LogP contribution in [0.1, 0.15) is 44.6 Å². The number of piperidine rings is 1. The number of nitrogens with zero attached hydrogens (tertiary/aromatic N) is 1. The first-order valence-electron chi connectivity index (χ1n) is 8.43. The van der Waals surface area contributed by atoms with Crippen LogP contribution in [0.2, 0.25) is 0 Å².